The molecular weight excluding hydrogens is 514 g/mol. The number of thiazole rings is 1. The van der Waals surface area contributed by atoms with E-state index in [-0.39, 0.29) is 35.6 Å². The minimum absolute atomic E-state index is 0.0879. The topological polar surface area (TPSA) is 193 Å². The maximum atomic E-state index is 13.1. The van der Waals surface area contributed by atoms with Crippen molar-refractivity contribution >= 4 is 63.6 Å². The van der Waals surface area contributed by atoms with E-state index < -0.39 is 48.1 Å². The highest BCUT2D eigenvalue weighted by Crippen LogP contribution is 2.41. The number of hydrogen-bond donors (Lipinski definition) is 3. The van der Waals surface area contributed by atoms with Crippen LogP contribution >= 0.6 is 23.1 Å². The molecule has 1 saturated heterocycles. The molecule has 0 spiro atoms. The molecule has 194 valence electrons. The average Bonchev–Trinajstić information content (AvgIpc) is 3.28. The number of rotatable bonds is 10. The highest BCUT2D eigenvalue weighted by molar-refractivity contribution is 8.00. The molecule has 3 amide bonds. The van der Waals surface area contributed by atoms with Crippen molar-refractivity contribution in [1.29, 1.82) is 0 Å². The highest BCUT2D eigenvalue weighted by Gasteiger charge is 2.54. The Kier molecular flexibility index (Phi) is 8.93. The number of nitrogens with one attached hydrogen (secondary N) is 1. The first-order valence-electron chi connectivity index (χ1n) is 10.8. The third-order valence-corrected chi connectivity index (χ3v) is 7.08. The summed E-state index contributed by atoms with van der Waals surface area (Å²) in [7, 11) is 0. The molecule has 0 aromatic carbocycles. The number of aromatic nitrogens is 1. The third-order valence-electron chi connectivity index (χ3n) is 5.07. The van der Waals surface area contributed by atoms with Gasteiger partial charge in [-0.25, -0.2) is 14.6 Å². The summed E-state index contributed by atoms with van der Waals surface area (Å²) in [6.07, 6.45) is 1.26. The zero-order valence-electron chi connectivity index (χ0n) is 19.5. The van der Waals surface area contributed by atoms with E-state index in [0.29, 0.717) is 17.2 Å². The monoisotopic (exact) mass is 539 g/mol. The summed E-state index contributed by atoms with van der Waals surface area (Å²) in [4.78, 5) is 66.6. The largest absolute Gasteiger partial charge is 0.445 e. The lowest BCUT2D eigenvalue weighted by molar-refractivity contribution is -0.167. The van der Waals surface area contributed by atoms with E-state index >= 15 is 0 Å². The van der Waals surface area contributed by atoms with Crippen LogP contribution in [0.2, 0.25) is 0 Å². The smallest absolute Gasteiger partial charge is 0.404 e. The van der Waals surface area contributed by atoms with E-state index in [1.807, 2.05) is 6.92 Å². The number of nitrogens with zero attached hydrogens (tertiary/aromatic N) is 2. The van der Waals surface area contributed by atoms with Crippen LogP contribution in [-0.2, 0) is 33.4 Å². The number of fused-ring (bicyclic) bond motifs is 1. The second-order valence-corrected chi connectivity index (χ2v) is 9.43. The molecule has 0 bridgehead atoms. The maximum absolute atomic E-state index is 13.1. The van der Waals surface area contributed by atoms with Gasteiger partial charge in [0.05, 0.1) is 11.3 Å². The number of ether oxygens (including phenoxy) is 3. The number of primary amides is 1. The Balaban J connectivity index is 1.77. The second kappa shape index (κ2) is 11.9. The molecular formula is C21H25N5O8S2. The van der Waals surface area contributed by atoms with E-state index in [9.17, 15) is 24.0 Å². The van der Waals surface area contributed by atoms with Crippen molar-refractivity contribution in [1.82, 2.24) is 15.2 Å². The standard InChI is InChI=1S/C21H25N5O8S2/c1-3-5-11(12-8-36-20(22)24-12)16(28)25-14-17(29)26-15(19(30)34-9-33-13(27)4-2)10(6-32-21(23)31)7-35-18(14)26/h5,8,14,18H,3-4,6-7,9H2,1-2H3,(H2,22,24)(H2,23,31)(H,25,28). The van der Waals surface area contributed by atoms with Gasteiger partial charge in [-0.2, -0.15) is 0 Å². The molecule has 0 aliphatic carbocycles. The van der Waals surface area contributed by atoms with Crippen molar-refractivity contribution in [2.24, 2.45) is 5.73 Å². The Bertz CT molecular complexity index is 1130. The van der Waals surface area contributed by atoms with Crippen LogP contribution in [0, 0.1) is 0 Å². The molecule has 3 rings (SSSR count). The number of amides is 3. The fourth-order valence-corrected chi connectivity index (χ4v) is 5.30. The molecule has 1 aromatic heterocycles. The minimum Gasteiger partial charge on any atom is -0.445 e. The summed E-state index contributed by atoms with van der Waals surface area (Å²) in [5.74, 6) is -2.42. The number of thioether (sulfide) groups is 1. The molecule has 3 heterocycles. The van der Waals surface area contributed by atoms with Gasteiger partial charge in [-0.1, -0.05) is 19.9 Å². The van der Waals surface area contributed by atoms with Gasteiger partial charge in [-0.15, -0.1) is 23.1 Å². The van der Waals surface area contributed by atoms with Gasteiger partial charge in [-0.05, 0) is 6.42 Å². The fraction of sp³-hybridized carbons (Fsp3) is 0.429. The van der Waals surface area contributed by atoms with E-state index in [0.717, 1.165) is 4.90 Å². The van der Waals surface area contributed by atoms with Crippen molar-refractivity contribution in [3.63, 3.8) is 0 Å². The van der Waals surface area contributed by atoms with Crippen molar-refractivity contribution in [2.45, 2.75) is 38.1 Å². The quantitative estimate of drug-likeness (QED) is 0.164. The lowest BCUT2D eigenvalue weighted by atomic mass is 10.0. The molecule has 0 radical (unpaired) electrons. The van der Waals surface area contributed by atoms with Gasteiger partial charge in [0.25, 0.3) is 11.8 Å². The predicted octanol–water partition coefficient (Wildman–Crippen LogP) is 0.722. The van der Waals surface area contributed by atoms with Crippen LogP contribution in [0.1, 0.15) is 32.4 Å². The third kappa shape index (κ3) is 5.96. The Labute approximate surface area is 214 Å². The summed E-state index contributed by atoms with van der Waals surface area (Å²) in [6, 6.07) is -0.932. The van der Waals surface area contributed by atoms with Crippen LogP contribution in [0.5, 0.6) is 0 Å². The van der Waals surface area contributed by atoms with Gasteiger partial charge in [0.1, 0.15) is 23.7 Å². The molecule has 2 atom stereocenters. The SMILES string of the molecule is CCC=C(C(=O)NC1C(=O)N2C(C(=O)OCOC(=O)CC)=C(COC(N)=O)CSC12)c1csc(N)n1. The van der Waals surface area contributed by atoms with E-state index in [2.05, 4.69) is 10.3 Å². The molecule has 5 N–H and O–H groups in total. The number of nitrogen functional groups attached to an aromatic ring is 1. The van der Waals surface area contributed by atoms with Gasteiger partial charge in [0.2, 0.25) is 6.79 Å². The Morgan fingerprint density at radius 2 is 2.00 bits per heavy atom. The zero-order valence-corrected chi connectivity index (χ0v) is 21.1. The predicted molar refractivity (Wildman–Crippen MR) is 130 cm³/mol. The van der Waals surface area contributed by atoms with Crippen molar-refractivity contribution in [3.8, 4) is 0 Å². The molecule has 2 unspecified atom stereocenters. The normalized spacial score (nSPS) is 19.2. The Morgan fingerprint density at radius 3 is 2.61 bits per heavy atom. The number of nitrogens with two attached hydrogens (primary N) is 2. The Morgan fingerprint density at radius 1 is 1.25 bits per heavy atom. The maximum Gasteiger partial charge on any atom is 0.404 e. The summed E-state index contributed by atoms with van der Waals surface area (Å²) in [6.45, 7) is 2.43. The van der Waals surface area contributed by atoms with E-state index in [4.69, 9.17) is 25.7 Å². The lowest BCUT2D eigenvalue weighted by Crippen LogP contribution is -2.70. The van der Waals surface area contributed by atoms with Gasteiger partial charge in [-0.3, -0.25) is 19.3 Å². The number of anilines is 1. The van der Waals surface area contributed by atoms with Crippen LogP contribution in [0.3, 0.4) is 0 Å². The van der Waals surface area contributed by atoms with Gasteiger partial charge < -0.3 is 31.0 Å². The summed E-state index contributed by atoms with van der Waals surface area (Å²) in [5.41, 5.74) is 11.5. The molecule has 2 aliphatic heterocycles. The highest BCUT2D eigenvalue weighted by atomic mass is 32.2. The van der Waals surface area contributed by atoms with E-state index in [1.165, 1.54) is 23.1 Å². The fourth-order valence-electron chi connectivity index (χ4n) is 3.41. The van der Waals surface area contributed by atoms with Crippen molar-refractivity contribution in [3.05, 3.63) is 28.4 Å². The summed E-state index contributed by atoms with van der Waals surface area (Å²) < 4.78 is 14.6. The molecule has 1 aromatic rings. The molecule has 1 fully saturated rings. The number of carbonyl (C=O) groups excluding carboxylic acids is 5. The number of β-lactam (4-membered cyclic amide) rings is 1. The Hall–Kier alpha value is -3.59. The number of hydrogen-bond acceptors (Lipinski definition) is 12. The van der Waals surface area contributed by atoms with Crippen molar-refractivity contribution < 1.29 is 38.2 Å². The molecule has 13 nitrogen and oxygen atoms in total. The first-order chi connectivity index (χ1) is 17.2. The molecule has 36 heavy (non-hydrogen) atoms. The number of allylic oxidation sites excluding steroid dienone is 1. The first kappa shape index (κ1) is 27.0. The van der Waals surface area contributed by atoms with Crippen LogP contribution in [0.4, 0.5) is 9.93 Å². The zero-order chi connectivity index (χ0) is 26.4. The van der Waals surface area contributed by atoms with Crippen LogP contribution in [0.25, 0.3) is 5.57 Å². The summed E-state index contributed by atoms with van der Waals surface area (Å²) >= 11 is 2.45. The van der Waals surface area contributed by atoms with Crippen LogP contribution in [0.15, 0.2) is 22.7 Å². The average molecular weight is 540 g/mol. The van der Waals surface area contributed by atoms with Crippen molar-refractivity contribution in [2.75, 3.05) is 24.9 Å². The number of esters is 2. The molecule has 15 heteroatoms. The van der Waals surface area contributed by atoms with Crippen LogP contribution < -0.4 is 16.8 Å². The second-order valence-electron chi connectivity index (χ2n) is 7.44. The summed E-state index contributed by atoms with van der Waals surface area (Å²) in [5, 5.41) is 4.03. The van der Waals surface area contributed by atoms with Gasteiger partial charge in [0.15, 0.2) is 5.13 Å². The lowest BCUT2D eigenvalue weighted by Gasteiger charge is -2.49. The molecule has 0 saturated carbocycles. The minimum atomic E-state index is -1.06. The van der Waals surface area contributed by atoms with Crippen LogP contribution in [-0.4, -0.2) is 70.3 Å². The first-order valence-corrected chi connectivity index (χ1v) is 12.7. The van der Waals surface area contributed by atoms with Gasteiger partial charge >= 0.3 is 18.0 Å². The number of carbonyl (C=O) groups is 5. The van der Waals surface area contributed by atoms with Gasteiger partial charge in [0, 0.05) is 23.1 Å². The van der Waals surface area contributed by atoms with E-state index in [1.54, 1.807) is 18.4 Å². The molecule has 2 aliphatic rings.